The predicted molar refractivity (Wildman–Crippen MR) is 59.8 cm³/mol. The highest BCUT2D eigenvalue weighted by Gasteiger charge is 2.34. The summed E-state index contributed by atoms with van der Waals surface area (Å²) < 4.78 is 0. The van der Waals surface area contributed by atoms with Crippen molar-refractivity contribution in [3.05, 3.63) is 0 Å². The van der Waals surface area contributed by atoms with Gasteiger partial charge in [0.2, 0.25) is 5.91 Å². The molecule has 3 N–H and O–H groups in total. The molecule has 1 fully saturated rings. The minimum atomic E-state index is -0.862. The third-order valence-corrected chi connectivity index (χ3v) is 2.96. The van der Waals surface area contributed by atoms with E-state index < -0.39 is 5.97 Å². The Balaban J connectivity index is 2.54. The van der Waals surface area contributed by atoms with Crippen LogP contribution in [0.1, 0.15) is 32.6 Å². The molecule has 0 aliphatic heterocycles. The largest absolute Gasteiger partial charge is 0.481 e. The Hall–Kier alpha value is -1.10. The van der Waals surface area contributed by atoms with Gasteiger partial charge in [-0.15, -0.1) is 0 Å². The van der Waals surface area contributed by atoms with Crippen molar-refractivity contribution in [2.45, 2.75) is 38.6 Å². The molecule has 0 bridgehead atoms. The smallest absolute Gasteiger partial charge is 0.305 e. The summed E-state index contributed by atoms with van der Waals surface area (Å²) in [5, 5.41) is 8.64. The van der Waals surface area contributed by atoms with Crippen molar-refractivity contribution in [2.24, 2.45) is 11.7 Å². The number of hydrogen-bond acceptors (Lipinski definition) is 3. The number of rotatable bonds is 7. The Morgan fingerprint density at radius 1 is 1.50 bits per heavy atom. The van der Waals surface area contributed by atoms with Gasteiger partial charge < -0.3 is 15.7 Å². The zero-order valence-electron chi connectivity index (χ0n) is 9.69. The number of aliphatic carboxylic acids is 1. The number of carbonyl (C=O) groups excluding carboxylic acids is 1. The molecule has 0 aromatic rings. The Bertz CT molecular complexity index is 260. The van der Waals surface area contributed by atoms with Gasteiger partial charge >= 0.3 is 5.97 Å². The van der Waals surface area contributed by atoms with E-state index in [2.05, 4.69) is 0 Å². The molecular formula is C11H20N2O3. The predicted octanol–water partition coefficient (Wildman–Crippen LogP) is 0.437. The Morgan fingerprint density at radius 3 is 2.50 bits per heavy atom. The van der Waals surface area contributed by atoms with Crippen LogP contribution in [-0.2, 0) is 9.59 Å². The molecule has 0 spiro atoms. The Labute approximate surface area is 95.6 Å². The van der Waals surface area contributed by atoms with Gasteiger partial charge in [0.05, 0.1) is 12.3 Å². The van der Waals surface area contributed by atoms with Gasteiger partial charge in [-0.1, -0.05) is 6.92 Å². The molecule has 1 saturated carbocycles. The van der Waals surface area contributed by atoms with Crippen LogP contribution in [0, 0.1) is 5.92 Å². The van der Waals surface area contributed by atoms with Gasteiger partial charge in [0.25, 0.3) is 0 Å². The van der Waals surface area contributed by atoms with Crippen LogP contribution >= 0.6 is 0 Å². The fourth-order valence-electron chi connectivity index (χ4n) is 1.75. The van der Waals surface area contributed by atoms with Crippen molar-refractivity contribution >= 4 is 11.9 Å². The molecule has 5 nitrogen and oxygen atoms in total. The number of amides is 1. The second kappa shape index (κ2) is 5.84. The number of nitrogens with two attached hydrogens (primary N) is 1. The average molecular weight is 228 g/mol. The summed E-state index contributed by atoms with van der Waals surface area (Å²) in [5.74, 6) is -0.998. The number of carbonyl (C=O) groups is 2. The first-order valence-electron chi connectivity index (χ1n) is 5.82. The monoisotopic (exact) mass is 228 g/mol. The highest BCUT2D eigenvalue weighted by molar-refractivity contribution is 5.80. The third kappa shape index (κ3) is 3.48. The molecule has 1 atom stereocenters. The first-order valence-corrected chi connectivity index (χ1v) is 5.82. The van der Waals surface area contributed by atoms with Crippen molar-refractivity contribution in [1.82, 2.24) is 4.90 Å². The normalized spacial score (nSPS) is 16.9. The van der Waals surface area contributed by atoms with E-state index in [1.807, 2.05) is 6.92 Å². The van der Waals surface area contributed by atoms with Crippen molar-refractivity contribution in [1.29, 1.82) is 0 Å². The van der Waals surface area contributed by atoms with E-state index in [1.54, 1.807) is 4.90 Å². The Morgan fingerprint density at radius 2 is 2.12 bits per heavy atom. The molecule has 1 aliphatic carbocycles. The molecule has 0 heterocycles. The molecule has 0 radical (unpaired) electrons. The first-order chi connectivity index (χ1) is 7.60. The summed E-state index contributed by atoms with van der Waals surface area (Å²) >= 11 is 0. The van der Waals surface area contributed by atoms with E-state index in [4.69, 9.17) is 10.8 Å². The minimum Gasteiger partial charge on any atom is -0.481 e. The minimum absolute atomic E-state index is 0.0171. The highest BCUT2D eigenvalue weighted by Crippen LogP contribution is 2.28. The molecule has 1 rings (SSSR count). The maximum absolute atomic E-state index is 12.1. The van der Waals surface area contributed by atoms with Crippen molar-refractivity contribution < 1.29 is 14.7 Å². The number of carboxylic acid groups (broad SMARTS) is 1. The second-order valence-corrected chi connectivity index (χ2v) is 4.25. The van der Waals surface area contributed by atoms with Crippen LogP contribution in [0.2, 0.25) is 0 Å². The molecule has 1 aliphatic rings. The lowest BCUT2D eigenvalue weighted by Crippen LogP contribution is -2.41. The van der Waals surface area contributed by atoms with E-state index in [9.17, 15) is 9.59 Å². The zero-order valence-corrected chi connectivity index (χ0v) is 9.69. The summed E-state index contributed by atoms with van der Waals surface area (Å²) in [6.45, 7) is 2.58. The van der Waals surface area contributed by atoms with Gasteiger partial charge in [-0.25, -0.2) is 0 Å². The molecule has 0 saturated heterocycles. The zero-order chi connectivity index (χ0) is 12.1. The lowest BCUT2D eigenvalue weighted by Gasteiger charge is -2.25. The van der Waals surface area contributed by atoms with Gasteiger partial charge in [0.15, 0.2) is 0 Å². The summed E-state index contributed by atoms with van der Waals surface area (Å²) in [6.07, 6.45) is 2.72. The lowest BCUT2D eigenvalue weighted by atomic mass is 10.1. The second-order valence-electron chi connectivity index (χ2n) is 4.25. The van der Waals surface area contributed by atoms with Crippen LogP contribution in [0.5, 0.6) is 0 Å². The van der Waals surface area contributed by atoms with Crippen molar-refractivity contribution in [2.75, 3.05) is 13.1 Å². The maximum Gasteiger partial charge on any atom is 0.305 e. The van der Waals surface area contributed by atoms with Gasteiger partial charge in [-0.3, -0.25) is 9.59 Å². The molecule has 0 aromatic heterocycles. The van der Waals surface area contributed by atoms with Crippen LogP contribution in [0.25, 0.3) is 0 Å². The first kappa shape index (κ1) is 13.0. The van der Waals surface area contributed by atoms with Crippen LogP contribution in [0.15, 0.2) is 0 Å². The number of nitrogens with zero attached hydrogens (tertiary/aromatic N) is 1. The van der Waals surface area contributed by atoms with Crippen LogP contribution in [0.3, 0.4) is 0 Å². The topological polar surface area (TPSA) is 83.6 Å². The fraction of sp³-hybridized carbons (Fsp3) is 0.818. The standard InChI is InChI=1S/C11H20N2O3/c1-2-8(7-12)11(16)13(9-3-4-9)6-5-10(14)15/h8-9H,2-7,12H2,1H3,(H,14,15). The number of carboxylic acids is 1. The van der Waals surface area contributed by atoms with E-state index in [-0.39, 0.29) is 24.3 Å². The molecule has 16 heavy (non-hydrogen) atoms. The summed E-state index contributed by atoms with van der Waals surface area (Å²) in [5.41, 5.74) is 5.53. The van der Waals surface area contributed by atoms with Gasteiger partial charge in [0, 0.05) is 19.1 Å². The maximum atomic E-state index is 12.1. The van der Waals surface area contributed by atoms with Crippen molar-refractivity contribution in [3.8, 4) is 0 Å². The molecular weight excluding hydrogens is 208 g/mol. The van der Waals surface area contributed by atoms with Crippen LogP contribution in [0.4, 0.5) is 0 Å². The van der Waals surface area contributed by atoms with Crippen LogP contribution in [-0.4, -0.2) is 41.0 Å². The summed E-state index contributed by atoms with van der Waals surface area (Å²) in [7, 11) is 0. The molecule has 5 heteroatoms. The molecule has 0 aromatic carbocycles. The van der Waals surface area contributed by atoms with Crippen molar-refractivity contribution in [3.63, 3.8) is 0 Å². The van der Waals surface area contributed by atoms with Crippen LogP contribution < -0.4 is 5.73 Å². The van der Waals surface area contributed by atoms with E-state index >= 15 is 0 Å². The van der Waals surface area contributed by atoms with Gasteiger partial charge in [-0.2, -0.15) is 0 Å². The fourth-order valence-corrected chi connectivity index (χ4v) is 1.75. The quantitative estimate of drug-likeness (QED) is 0.662. The average Bonchev–Trinajstić information content (AvgIpc) is 3.03. The molecule has 1 unspecified atom stereocenters. The highest BCUT2D eigenvalue weighted by atomic mass is 16.4. The molecule has 92 valence electrons. The SMILES string of the molecule is CCC(CN)C(=O)N(CCC(=O)O)C1CC1. The van der Waals surface area contributed by atoms with Gasteiger partial charge in [0.1, 0.15) is 0 Å². The lowest BCUT2D eigenvalue weighted by molar-refractivity contribution is -0.140. The third-order valence-electron chi connectivity index (χ3n) is 2.96. The van der Waals surface area contributed by atoms with Gasteiger partial charge in [-0.05, 0) is 19.3 Å². The molecule has 1 amide bonds. The van der Waals surface area contributed by atoms with E-state index in [0.29, 0.717) is 19.5 Å². The van der Waals surface area contributed by atoms with E-state index in [0.717, 1.165) is 12.8 Å². The Kier molecular flexibility index (Phi) is 4.73. The van der Waals surface area contributed by atoms with E-state index in [1.165, 1.54) is 0 Å². The summed E-state index contributed by atoms with van der Waals surface area (Å²) in [4.78, 5) is 24.3. The number of hydrogen-bond donors (Lipinski definition) is 2. The summed E-state index contributed by atoms with van der Waals surface area (Å²) in [6, 6.07) is 0.257.